The standard InChI is InChI=1S/C15H22ClN/c1-11(2)14-7-6-12(10-15(14)16)9-13-5-3-4-8-17-13/h6-7,10-11,13,17H,3-5,8-9H2,1-2H3. The largest absolute Gasteiger partial charge is 0.314 e. The first-order valence-corrected chi connectivity index (χ1v) is 7.06. The third-order valence-electron chi connectivity index (χ3n) is 3.58. The molecule has 0 aliphatic carbocycles. The number of benzene rings is 1. The van der Waals surface area contributed by atoms with E-state index in [0.717, 1.165) is 11.4 Å². The molecule has 1 heterocycles. The quantitative estimate of drug-likeness (QED) is 0.851. The number of hydrogen-bond donors (Lipinski definition) is 1. The molecule has 1 fully saturated rings. The Hall–Kier alpha value is -0.530. The summed E-state index contributed by atoms with van der Waals surface area (Å²) in [6.07, 6.45) is 5.08. The Bertz CT molecular complexity index is 367. The summed E-state index contributed by atoms with van der Waals surface area (Å²) in [5.74, 6) is 0.504. The molecule has 2 heteroatoms. The van der Waals surface area contributed by atoms with Crippen LogP contribution in [0.1, 0.15) is 50.2 Å². The summed E-state index contributed by atoms with van der Waals surface area (Å²) in [6, 6.07) is 7.21. The first-order valence-electron chi connectivity index (χ1n) is 6.68. The van der Waals surface area contributed by atoms with Gasteiger partial charge in [0.1, 0.15) is 0 Å². The van der Waals surface area contributed by atoms with E-state index in [1.165, 1.54) is 36.9 Å². The molecule has 94 valence electrons. The fourth-order valence-corrected chi connectivity index (χ4v) is 2.97. The molecule has 17 heavy (non-hydrogen) atoms. The van der Waals surface area contributed by atoms with Crippen molar-refractivity contribution in [3.8, 4) is 0 Å². The molecule has 1 atom stereocenters. The van der Waals surface area contributed by atoms with Crippen molar-refractivity contribution >= 4 is 11.6 Å². The second-order valence-electron chi connectivity index (χ2n) is 5.36. The van der Waals surface area contributed by atoms with Crippen molar-refractivity contribution in [2.24, 2.45) is 0 Å². The smallest absolute Gasteiger partial charge is 0.0443 e. The van der Waals surface area contributed by atoms with Crippen molar-refractivity contribution < 1.29 is 0 Å². The lowest BCUT2D eigenvalue weighted by Crippen LogP contribution is -2.35. The van der Waals surface area contributed by atoms with E-state index < -0.39 is 0 Å². The number of hydrogen-bond acceptors (Lipinski definition) is 1. The lowest BCUT2D eigenvalue weighted by Gasteiger charge is -2.23. The summed E-state index contributed by atoms with van der Waals surface area (Å²) < 4.78 is 0. The van der Waals surface area contributed by atoms with Crippen LogP contribution >= 0.6 is 11.6 Å². The van der Waals surface area contributed by atoms with Gasteiger partial charge in [0.05, 0.1) is 0 Å². The molecule has 1 aliphatic heterocycles. The zero-order valence-electron chi connectivity index (χ0n) is 10.8. The van der Waals surface area contributed by atoms with Gasteiger partial charge in [0.15, 0.2) is 0 Å². The van der Waals surface area contributed by atoms with Crippen molar-refractivity contribution in [2.75, 3.05) is 6.54 Å². The van der Waals surface area contributed by atoms with E-state index in [0.29, 0.717) is 12.0 Å². The lowest BCUT2D eigenvalue weighted by atomic mass is 9.95. The van der Waals surface area contributed by atoms with Crippen LogP contribution in [0.2, 0.25) is 5.02 Å². The van der Waals surface area contributed by atoms with Gasteiger partial charge in [-0.15, -0.1) is 0 Å². The summed E-state index contributed by atoms with van der Waals surface area (Å²) >= 11 is 6.32. The molecule has 1 unspecified atom stereocenters. The van der Waals surface area contributed by atoms with Crippen LogP contribution in [-0.4, -0.2) is 12.6 Å². The molecular formula is C15H22ClN. The monoisotopic (exact) mass is 251 g/mol. The first kappa shape index (κ1) is 12.9. The Labute approximate surface area is 110 Å². The van der Waals surface area contributed by atoms with Crippen LogP contribution in [0.4, 0.5) is 0 Å². The number of nitrogens with one attached hydrogen (secondary N) is 1. The average Bonchev–Trinajstić information content (AvgIpc) is 2.30. The van der Waals surface area contributed by atoms with Crippen LogP contribution in [0.25, 0.3) is 0 Å². The average molecular weight is 252 g/mol. The molecule has 1 aromatic rings. The minimum atomic E-state index is 0.504. The van der Waals surface area contributed by atoms with E-state index in [1.54, 1.807) is 0 Å². The van der Waals surface area contributed by atoms with Gasteiger partial charge >= 0.3 is 0 Å². The zero-order valence-corrected chi connectivity index (χ0v) is 11.6. The third-order valence-corrected chi connectivity index (χ3v) is 3.91. The Morgan fingerprint density at radius 2 is 2.18 bits per heavy atom. The second kappa shape index (κ2) is 5.88. The van der Waals surface area contributed by atoms with Gasteiger partial charge in [0.2, 0.25) is 0 Å². The maximum Gasteiger partial charge on any atom is 0.0443 e. The fraction of sp³-hybridized carbons (Fsp3) is 0.600. The third kappa shape index (κ3) is 3.46. The molecule has 0 saturated carbocycles. The molecule has 1 saturated heterocycles. The molecule has 1 N–H and O–H groups in total. The SMILES string of the molecule is CC(C)c1ccc(CC2CCCCN2)cc1Cl. The van der Waals surface area contributed by atoms with Gasteiger partial charge in [-0.2, -0.15) is 0 Å². The van der Waals surface area contributed by atoms with Crippen molar-refractivity contribution in [1.82, 2.24) is 5.32 Å². The van der Waals surface area contributed by atoms with Gasteiger partial charge in [-0.3, -0.25) is 0 Å². The van der Waals surface area contributed by atoms with E-state index in [4.69, 9.17) is 11.6 Å². The van der Waals surface area contributed by atoms with E-state index in [1.807, 2.05) is 0 Å². The van der Waals surface area contributed by atoms with Crippen LogP contribution in [0, 0.1) is 0 Å². The van der Waals surface area contributed by atoms with Gasteiger partial charge in [0, 0.05) is 11.1 Å². The lowest BCUT2D eigenvalue weighted by molar-refractivity contribution is 0.399. The summed E-state index contributed by atoms with van der Waals surface area (Å²) in [5.41, 5.74) is 2.62. The minimum absolute atomic E-state index is 0.504. The van der Waals surface area contributed by atoms with Crippen LogP contribution < -0.4 is 5.32 Å². The highest BCUT2D eigenvalue weighted by Gasteiger charge is 2.14. The van der Waals surface area contributed by atoms with E-state index in [-0.39, 0.29) is 0 Å². The van der Waals surface area contributed by atoms with Gasteiger partial charge in [0.25, 0.3) is 0 Å². The molecule has 0 spiro atoms. The molecular weight excluding hydrogens is 230 g/mol. The topological polar surface area (TPSA) is 12.0 Å². The Balaban J connectivity index is 2.04. The highest BCUT2D eigenvalue weighted by Crippen LogP contribution is 2.26. The van der Waals surface area contributed by atoms with Crippen molar-refractivity contribution in [3.05, 3.63) is 34.3 Å². The van der Waals surface area contributed by atoms with Gasteiger partial charge < -0.3 is 5.32 Å². The predicted molar refractivity (Wildman–Crippen MR) is 74.9 cm³/mol. The van der Waals surface area contributed by atoms with Crippen LogP contribution in [-0.2, 0) is 6.42 Å². The summed E-state index contributed by atoms with van der Waals surface area (Å²) in [7, 11) is 0. The van der Waals surface area contributed by atoms with Crippen LogP contribution in [0.3, 0.4) is 0 Å². The zero-order chi connectivity index (χ0) is 12.3. The number of piperidine rings is 1. The Kier molecular flexibility index (Phi) is 4.47. The number of halogens is 1. The molecule has 1 aliphatic rings. The van der Waals surface area contributed by atoms with Crippen molar-refractivity contribution in [2.45, 2.75) is 51.5 Å². The van der Waals surface area contributed by atoms with Crippen LogP contribution in [0.15, 0.2) is 18.2 Å². The van der Waals surface area contributed by atoms with Crippen molar-refractivity contribution in [3.63, 3.8) is 0 Å². The summed E-state index contributed by atoms with van der Waals surface area (Å²) in [4.78, 5) is 0. The predicted octanol–water partition coefficient (Wildman–Crippen LogP) is 4.15. The van der Waals surface area contributed by atoms with Gasteiger partial charge in [-0.25, -0.2) is 0 Å². The maximum atomic E-state index is 6.32. The highest BCUT2D eigenvalue weighted by molar-refractivity contribution is 6.31. The summed E-state index contributed by atoms with van der Waals surface area (Å²) in [5, 5.41) is 4.51. The molecule has 1 nitrogen and oxygen atoms in total. The molecule has 0 radical (unpaired) electrons. The van der Waals surface area contributed by atoms with Gasteiger partial charge in [-0.1, -0.05) is 44.0 Å². The van der Waals surface area contributed by atoms with E-state index in [2.05, 4.69) is 37.4 Å². The molecule has 0 amide bonds. The maximum absolute atomic E-state index is 6.32. The molecule has 0 bridgehead atoms. The minimum Gasteiger partial charge on any atom is -0.314 e. The highest BCUT2D eigenvalue weighted by atomic mass is 35.5. The Morgan fingerprint density at radius 3 is 2.76 bits per heavy atom. The number of rotatable bonds is 3. The van der Waals surface area contributed by atoms with E-state index in [9.17, 15) is 0 Å². The second-order valence-corrected chi connectivity index (χ2v) is 5.77. The fourth-order valence-electron chi connectivity index (χ4n) is 2.55. The summed E-state index contributed by atoms with van der Waals surface area (Å²) in [6.45, 7) is 5.54. The van der Waals surface area contributed by atoms with E-state index >= 15 is 0 Å². The van der Waals surface area contributed by atoms with Crippen LogP contribution in [0.5, 0.6) is 0 Å². The molecule has 0 aromatic heterocycles. The van der Waals surface area contributed by atoms with Crippen molar-refractivity contribution in [1.29, 1.82) is 0 Å². The molecule has 2 rings (SSSR count). The Morgan fingerprint density at radius 1 is 1.35 bits per heavy atom. The van der Waals surface area contributed by atoms with Gasteiger partial charge in [-0.05, 0) is 48.9 Å². The normalized spacial score (nSPS) is 20.8. The molecule has 1 aromatic carbocycles. The first-order chi connectivity index (χ1) is 8.16.